The Labute approximate surface area is 118 Å². The van der Waals surface area contributed by atoms with Gasteiger partial charge in [-0.1, -0.05) is 0 Å². The summed E-state index contributed by atoms with van der Waals surface area (Å²) in [5.41, 5.74) is 0.491. The lowest BCUT2D eigenvalue weighted by molar-refractivity contribution is 0.0995. The minimum absolute atomic E-state index is 0.166. The van der Waals surface area contributed by atoms with Gasteiger partial charge in [-0.3, -0.25) is 4.79 Å². The number of furan rings is 1. The Balaban J connectivity index is 2.14. The lowest BCUT2D eigenvalue weighted by Gasteiger charge is -2.04. The van der Waals surface area contributed by atoms with Crippen molar-refractivity contribution in [3.8, 4) is 0 Å². The molecule has 0 spiro atoms. The van der Waals surface area contributed by atoms with Gasteiger partial charge in [-0.2, -0.15) is 0 Å². The van der Waals surface area contributed by atoms with Gasteiger partial charge in [-0.15, -0.1) is 0 Å². The Hall–Kier alpha value is -1.60. The smallest absolute Gasteiger partial charge is 0.291 e. The van der Waals surface area contributed by atoms with Crippen molar-refractivity contribution < 1.29 is 17.6 Å². The number of carbonyl (C=O) groups excluding carboxylic acids is 1. The lowest BCUT2D eigenvalue weighted by atomic mass is 10.3. The van der Waals surface area contributed by atoms with Crippen molar-refractivity contribution in [3.05, 3.63) is 46.8 Å². The third kappa shape index (κ3) is 3.45. The second-order valence-electron chi connectivity index (χ2n) is 3.85. The summed E-state index contributed by atoms with van der Waals surface area (Å²) < 4.78 is 28.1. The largest absolute Gasteiger partial charge is 0.444 e. The molecule has 1 aromatic heterocycles. The quantitative estimate of drug-likeness (QED) is 0.929. The number of nitrogens with one attached hydrogen (secondary N) is 1. The van der Waals surface area contributed by atoms with Crippen molar-refractivity contribution in [3.63, 3.8) is 0 Å². The lowest BCUT2D eigenvalue weighted by Crippen LogP contribution is -2.10. The molecule has 1 heterocycles. The molecule has 7 heteroatoms. The van der Waals surface area contributed by atoms with Crippen LogP contribution in [0.2, 0.25) is 0 Å². The van der Waals surface area contributed by atoms with E-state index >= 15 is 0 Å². The monoisotopic (exact) mass is 343 g/mol. The van der Waals surface area contributed by atoms with Crippen LogP contribution in [0.5, 0.6) is 0 Å². The molecule has 0 saturated carbocycles. The molecule has 0 saturated heterocycles. The standard InChI is InChI=1S/C12H10BrNO4S/c1-19(16,17)9-4-2-8(3-5-9)14-12(15)10-6-7-11(13)18-10/h2-7H,1H3,(H,14,15). The predicted molar refractivity (Wildman–Crippen MR) is 73.9 cm³/mol. The minimum Gasteiger partial charge on any atom is -0.444 e. The third-order valence-corrected chi connectivity index (χ3v) is 3.89. The van der Waals surface area contributed by atoms with Crippen molar-refractivity contribution in [2.75, 3.05) is 11.6 Å². The number of benzene rings is 1. The summed E-state index contributed by atoms with van der Waals surface area (Å²) >= 11 is 3.10. The highest BCUT2D eigenvalue weighted by Gasteiger charge is 2.11. The van der Waals surface area contributed by atoms with Crippen LogP contribution in [0, 0.1) is 0 Å². The molecule has 2 aromatic rings. The predicted octanol–water partition coefficient (Wildman–Crippen LogP) is 2.70. The molecule has 0 unspecified atom stereocenters. The normalized spacial score (nSPS) is 11.3. The molecule has 1 amide bonds. The van der Waals surface area contributed by atoms with Crippen LogP contribution >= 0.6 is 15.9 Å². The molecule has 0 fully saturated rings. The fourth-order valence-corrected chi connectivity index (χ4v) is 2.35. The van der Waals surface area contributed by atoms with E-state index in [1.54, 1.807) is 6.07 Å². The number of amides is 1. The number of hydrogen-bond acceptors (Lipinski definition) is 4. The molecule has 5 nitrogen and oxygen atoms in total. The summed E-state index contributed by atoms with van der Waals surface area (Å²) in [6.07, 6.45) is 1.13. The molecule has 1 N–H and O–H groups in total. The Bertz CT molecular complexity index is 704. The molecule has 0 bridgehead atoms. The van der Waals surface area contributed by atoms with Crippen LogP contribution in [0.1, 0.15) is 10.6 Å². The molecule has 0 aliphatic rings. The summed E-state index contributed by atoms with van der Waals surface area (Å²) in [5, 5.41) is 2.60. The van der Waals surface area contributed by atoms with Crippen molar-refractivity contribution in [1.82, 2.24) is 0 Å². The maximum atomic E-state index is 11.8. The Morgan fingerprint density at radius 1 is 1.16 bits per heavy atom. The highest BCUT2D eigenvalue weighted by molar-refractivity contribution is 9.10. The van der Waals surface area contributed by atoms with E-state index in [2.05, 4.69) is 21.2 Å². The van der Waals surface area contributed by atoms with Gasteiger partial charge in [0.15, 0.2) is 20.3 Å². The maximum absolute atomic E-state index is 11.8. The molecule has 1 aromatic carbocycles. The van der Waals surface area contributed by atoms with E-state index in [0.717, 1.165) is 6.26 Å². The van der Waals surface area contributed by atoms with Crippen molar-refractivity contribution in [1.29, 1.82) is 0 Å². The third-order valence-electron chi connectivity index (χ3n) is 2.34. The van der Waals surface area contributed by atoms with Gasteiger partial charge >= 0.3 is 0 Å². The van der Waals surface area contributed by atoms with Gasteiger partial charge < -0.3 is 9.73 Å². The van der Waals surface area contributed by atoms with Crippen LogP contribution in [0.4, 0.5) is 5.69 Å². The van der Waals surface area contributed by atoms with E-state index in [0.29, 0.717) is 10.4 Å². The van der Waals surface area contributed by atoms with Crippen LogP contribution < -0.4 is 5.32 Å². The zero-order valence-electron chi connectivity index (χ0n) is 9.88. The summed E-state index contributed by atoms with van der Waals surface area (Å²) in [7, 11) is -3.23. The number of sulfone groups is 1. The van der Waals surface area contributed by atoms with Crippen molar-refractivity contribution in [2.45, 2.75) is 4.90 Å². The van der Waals surface area contributed by atoms with E-state index in [1.807, 2.05) is 0 Å². The van der Waals surface area contributed by atoms with Gasteiger partial charge in [-0.25, -0.2) is 8.42 Å². The minimum atomic E-state index is -3.23. The molecule has 100 valence electrons. The summed E-state index contributed by atoms with van der Waals surface area (Å²) in [6, 6.07) is 9.05. The van der Waals surface area contributed by atoms with Gasteiger partial charge in [0.25, 0.3) is 5.91 Å². The average Bonchev–Trinajstić information content (AvgIpc) is 2.75. The number of halogens is 1. The number of rotatable bonds is 3. The number of anilines is 1. The van der Waals surface area contributed by atoms with Crippen LogP contribution in [0.15, 0.2) is 50.4 Å². The molecule has 0 aliphatic heterocycles. The molecular formula is C12H10BrNO4S. The molecule has 19 heavy (non-hydrogen) atoms. The number of carbonyl (C=O) groups is 1. The second kappa shape index (κ2) is 5.18. The zero-order chi connectivity index (χ0) is 14.0. The van der Waals surface area contributed by atoms with Crippen LogP contribution in [-0.2, 0) is 9.84 Å². The van der Waals surface area contributed by atoms with E-state index in [-0.39, 0.29) is 10.7 Å². The first-order valence-corrected chi connectivity index (χ1v) is 7.91. The van der Waals surface area contributed by atoms with Gasteiger partial charge in [-0.05, 0) is 52.3 Å². The average molecular weight is 344 g/mol. The van der Waals surface area contributed by atoms with E-state index in [1.165, 1.54) is 30.3 Å². The second-order valence-corrected chi connectivity index (χ2v) is 6.65. The molecule has 2 rings (SSSR count). The van der Waals surface area contributed by atoms with E-state index in [9.17, 15) is 13.2 Å². The maximum Gasteiger partial charge on any atom is 0.291 e. The first-order valence-electron chi connectivity index (χ1n) is 5.23. The van der Waals surface area contributed by atoms with Gasteiger partial charge in [0.05, 0.1) is 4.90 Å². The summed E-state index contributed by atoms with van der Waals surface area (Å²) in [5.74, 6) is -0.239. The molecule has 0 aliphatic carbocycles. The Morgan fingerprint density at radius 3 is 2.26 bits per heavy atom. The highest BCUT2D eigenvalue weighted by atomic mass is 79.9. The summed E-state index contributed by atoms with van der Waals surface area (Å²) in [6.45, 7) is 0. The topological polar surface area (TPSA) is 76.4 Å². The molecule has 0 atom stereocenters. The van der Waals surface area contributed by atoms with Crippen molar-refractivity contribution in [2.24, 2.45) is 0 Å². The van der Waals surface area contributed by atoms with Gasteiger partial charge in [0.2, 0.25) is 0 Å². The van der Waals surface area contributed by atoms with Crippen molar-refractivity contribution >= 4 is 37.4 Å². The first-order chi connectivity index (χ1) is 8.86. The van der Waals surface area contributed by atoms with Crippen LogP contribution in [0.25, 0.3) is 0 Å². The van der Waals surface area contributed by atoms with Gasteiger partial charge in [0.1, 0.15) is 0 Å². The summed E-state index contributed by atoms with van der Waals surface area (Å²) in [4.78, 5) is 12.0. The Morgan fingerprint density at radius 2 is 1.79 bits per heavy atom. The van der Waals surface area contributed by atoms with Gasteiger partial charge in [0, 0.05) is 11.9 Å². The van der Waals surface area contributed by atoms with Crippen LogP contribution in [0.3, 0.4) is 0 Å². The SMILES string of the molecule is CS(=O)(=O)c1ccc(NC(=O)c2ccc(Br)o2)cc1. The Kier molecular flexibility index (Phi) is 3.77. The first kappa shape index (κ1) is 13.8. The molecular weight excluding hydrogens is 334 g/mol. The van der Waals surface area contributed by atoms with E-state index < -0.39 is 15.7 Å². The zero-order valence-corrected chi connectivity index (χ0v) is 12.3. The van der Waals surface area contributed by atoms with E-state index in [4.69, 9.17) is 4.42 Å². The fourth-order valence-electron chi connectivity index (χ4n) is 1.41. The number of hydrogen-bond donors (Lipinski definition) is 1. The highest BCUT2D eigenvalue weighted by Crippen LogP contribution is 2.17. The fraction of sp³-hybridized carbons (Fsp3) is 0.0833. The van der Waals surface area contributed by atoms with Crippen LogP contribution in [-0.4, -0.2) is 20.6 Å². The molecule has 0 radical (unpaired) electrons.